The minimum Gasteiger partial charge on any atom is -0.320 e. The first kappa shape index (κ1) is 26.8. The molecule has 40 heavy (non-hydrogen) atoms. The van der Waals surface area contributed by atoms with Crippen molar-refractivity contribution in [1.82, 2.24) is 28.6 Å². The molecule has 1 saturated heterocycles. The Morgan fingerprint density at radius 3 is 2.50 bits per heavy atom. The third-order valence-corrected chi connectivity index (χ3v) is 9.01. The van der Waals surface area contributed by atoms with Crippen LogP contribution in [0.3, 0.4) is 0 Å². The molecule has 6 rings (SSSR count). The zero-order valence-electron chi connectivity index (χ0n) is 23.2. The SMILES string of the molecule is CC(c1cc(C(F)(F)F)c2cn(-c3cccc([C@@H](c4nncn4C)C4CCC4)c3)c(=N)n2c1)N1CCC[C@H](C)C1. The minimum absolute atomic E-state index is 0.0161. The van der Waals surface area contributed by atoms with E-state index in [0.29, 0.717) is 23.1 Å². The predicted octanol–water partition coefficient (Wildman–Crippen LogP) is 6.08. The van der Waals surface area contributed by atoms with Gasteiger partial charge in [-0.1, -0.05) is 25.5 Å². The molecule has 3 atom stereocenters. The van der Waals surface area contributed by atoms with E-state index in [2.05, 4.69) is 22.0 Å². The van der Waals surface area contributed by atoms with E-state index >= 15 is 0 Å². The molecule has 1 N–H and O–H groups in total. The Bertz CT molecular complexity index is 1580. The fourth-order valence-corrected chi connectivity index (χ4v) is 6.52. The molecule has 4 aromatic rings. The van der Waals surface area contributed by atoms with Gasteiger partial charge in [-0.2, -0.15) is 13.2 Å². The number of aryl methyl sites for hydroxylation is 1. The van der Waals surface area contributed by atoms with Gasteiger partial charge in [-0.05, 0) is 80.3 Å². The van der Waals surface area contributed by atoms with Crippen LogP contribution in [0.5, 0.6) is 0 Å². The van der Waals surface area contributed by atoms with Gasteiger partial charge in [0.05, 0.1) is 11.1 Å². The number of imidazole rings is 1. The summed E-state index contributed by atoms with van der Waals surface area (Å²) < 4.78 is 48.1. The Morgan fingerprint density at radius 2 is 1.85 bits per heavy atom. The maximum Gasteiger partial charge on any atom is 0.418 e. The van der Waals surface area contributed by atoms with Gasteiger partial charge in [-0.25, -0.2) is 0 Å². The van der Waals surface area contributed by atoms with Gasteiger partial charge in [-0.15, -0.1) is 10.2 Å². The van der Waals surface area contributed by atoms with Crippen LogP contribution in [0.2, 0.25) is 0 Å². The second kappa shape index (κ2) is 10.2. The normalized spacial score (nSPS) is 20.5. The summed E-state index contributed by atoms with van der Waals surface area (Å²) in [6.07, 6.45) is 5.87. The number of likely N-dealkylation sites (tertiary alicyclic amines) is 1. The van der Waals surface area contributed by atoms with E-state index < -0.39 is 11.7 Å². The van der Waals surface area contributed by atoms with E-state index in [1.165, 1.54) is 23.1 Å². The highest BCUT2D eigenvalue weighted by Crippen LogP contribution is 2.43. The zero-order chi connectivity index (χ0) is 28.2. The number of pyridine rings is 1. The molecule has 1 aromatic carbocycles. The molecule has 0 spiro atoms. The van der Waals surface area contributed by atoms with Crippen LogP contribution in [0.15, 0.2) is 49.1 Å². The summed E-state index contributed by atoms with van der Waals surface area (Å²) in [5.41, 5.74) is 1.52. The van der Waals surface area contributed by atoms with E-state index in [-0.39, 0.29) is 23.1 Å². The summed E-state index contributed by atoms with van der Waals surface area (Å²) in [5.74, 6) is 1.87. The molecule has 4 heterocycles. The van der Waals surface area contributed by atoms with Crippen LogP contribution in [0.1, 0.15) is 80.4 Å². The molecule has 2 fully saturated rings. The number of rotatable bonds is 6. The molecule has 212 valence electrons. The number of hydrogen-bond donors (Lipinski definition) is 1. The summed E-state index contributed by atoms with van der Waals surface area (Å²) in [4.78, 5) is 2.26. The lowest BCUT2D eigenvalue weighted by Gasteiger charge is -2.36. The van der Waals surface area contributed by atoms with E-state index in [1.807, 2.05) is 42.8 Å². The van der Waals surface area contributed by atoms with Crippen LogP contribution in [-0.2, 0) is 13.2 Å². The number of alkyl halides is 3. The molecule has 2 aliphatic rings. The van der Waals surface area contributed by atoms with Crippen LogP contribution >= 0.6 is 0 Å². The lowest BCUT2D eigenvalue weighted by Crippen LogP contribution is -2.36. The van der Waals surface area contributed by atoms with E-state index in [1.54, 1.807) is 17.1 Å². The maximum atomic E-state index is 14.4. The van der Waals surface area contributed by atoms with Crippen LogP contribution in [-0.4, -0.2) is 41.7 Å². The average molecular weight is 552 g/mol. The number of nitrogens with zero attached hydrogens (tertiary/aromatic N) is 6. The van der Waals surface area contributed by atoms with Gasteiger partial charge in [0.15, 0.2) is 0 Å². The third kappa shape index (κ3) is 4.76. The molecule has 0 radical (unpaired) electrons. The number of halogens is 3. The Hall–Kier alpha value is -3.40. The zero-order valence-corrected chi connectivity index (χ0v) is 23.2. The van der Waals surface area contributed by atoms with E-state index in [4.69, 9.17) is 5.41 Å². The fourth-order valence-electron chi connectivity index (χ4n) is 6.52. The summed E-state index contributed by atoms with van der Waals surface area (Å²) in [6.45, 7) is 5.89. The molecular formula is C30H36F3N7. The van der Waals surface area contributed by atoms with Gasteiger partial charge in [-0.3, -0.25) is 19.3 Å². The van der Waals surface area contributed by atoms with Crippen molar-refractivity contribution in [1.29, 1.82) is 5.41 Å². The molecule has 1 aliphatic carbocycles. The third-order valence-electron chi connectivity index (χ3n) is 9.01. The van der Waals surface area contributed by atoms with Gasteiger partial charge in [0.1, 0.15) is 12.2 Å². The van der Waals surface area contributed by atoms with Gasteiger partial charge in [0.2, 0.25) is 5.62 Å². The molecule has 3 aromatic heterocycles. The Morgan fingerprint density at radius 1 is 1.05 bits per heavy atom. The lowest BCUT2D eigenvalue weighted by molar-refractivity contribution is -0.136. The highest BCUT2D eigenvalue weighted by molar-refractivity contribution is 5.58. The van der Waals surface area contributed by atoms with Crippen LogP contribution in [0, 0.1) is 17.2 Å². The lowest BCUT2D eigenvalue weighted by atomic mass is 9.72. The van der Waals surface area contributed by atoms with Crippen LogP contribution in [0.4, 0.5) is 13.2 Å². The first-order chi connectivity index (χ1) is 19.1. The fraction of sp³-hybridized carbons (Fsp3) is 0.500. The number of nitrogens with one attached hydrogen (secondary N) is 1. The molecule has 1 aliphatic heterocycles. The second-order valence-corrected chi connectivity index (χ2v) is 11.7. The number of aromatic nitrogens is 5. The van der Waals surface area contributed by atoms with Crippen LogP contribution in [0.25, 0.3) is 11.2 Å². The van der Waals surface area contributed by atoms with Crippen molar-refractivity contribution in [2.75, 3.05) is 13.1 Å². The number of hydrogen-bond acceptors (Lipinski definition) is 4. The van der Waals surface area contributed by atoms with Crippen LogP contribution < -0.4 is 5.62 Å². The van der Waals surface area contributed by atoms with Crippen molar-refractivity contribution in [2.45, 2.75) is 64.1 Å². The Labute approximate surface area is 231 Å². The Kier molecular flexibility index (Phi) is 6.84. The van der Waals surface area contributed by atoms with Crippen molar-refractivity contribution < 1.29 is 13.2 Å². The standard InChI is InChI=1S/C30H36F3N7/c1-19-7-6-12-38(15-19)20(2)23-14-25(30(31,32)33)26-17-39(29(34)40(26)16-23)24-11-5-10-22(13-24)27(21-8-4-9-21)28-36-35-18-37(28)3/h5,10-11,13-14,16-21,27,34H,4,6-9,12,15H2,1-3H3/t19-,20?,27-/m0/s1. The molecule has 0 amide bonds. The van der Waals surface area contributed by atoms with E-state index in [9.17, 15) is 13.2 Å². The highest BCUT2D eigenvalue weighted by atomic mass is 19.4. The minimum atomic E-state index is -4.54. The van der Waals surface area contributed by atoms with Crippen molar-refractivity contribution in [3.05, 3.63) is 77.2 Å². The van der Waals surface area contributed by atoms with Gasteiger partial charge in [0.25, 0.3) is 0 Å². The van der Waals surface area contributed by atoms with Crippen molar-refractivity contribution in [2.24, 2.45) is 18.9 Å². The highest BCUT2D eigenvalue weighted by Gasteiger charge is 2.36. The molecule has 1 saturated carbocycles. The molecule has 1 unspecified atom stereocenters. The average Bonchev–Trinajstić information content (AvgIpc) is 3.47. The monoisotopic (exact) mass is 551 g/mol. The summed E-state index contributed by atoms with van der Waals surface area (Å²) >= 11 is 0. The second-order valence-electron chi connectivity index (χ2n) is 11.7. The van der Waals surface area contributed by atoms with Gasteiger partial charge in [0, 0.05) is 43.6 Å². The van der Waals surface area contributed by atoms with Crippen molar-refractivity contribution >= 4 is 5.52 Å². The topological polar surface area (TPSA) is 67.1 Å². The molecule has 10 heteroatoms. The number of fused-ring (bicyclic) bond motifs is 1. The molecule has 0 bridgehead atoms. The smallest absolute Gasteiger partial charge is 0.320 e. The summed E-state index contributed by atoms with van der Waals surface area (Å²) in [6, 6.07) is 8.89. The number of benzene rings is 1. The molecule has 7 nitrogen and oxygen atoms in total. The summed E-state index contributed by atoms with van der Waals surface area (Å²) in [5, 5.41) is 17.5. The van der Waals surface area contributed by atoms with Crippen molar-refractivity contribution in [3.8, 4) is 5.69 Å². The number of piperidine rings is 1. The summed E-state index contributed by atoms with van der Waals surface area (Å²) in [7, 11) is 1.93. The van der Waals surface area contributed by atoms with Gasteiger partial charge >= 0.3 is 6.18 Å². The first-order valence-corrected chi connectivity index (χ1v) is 14.2. The largest absolute Gasteiger partial charge is 0.418 e. The van der Waals surface area contributed by atoms with E-state index in [0.717, 1.165) is 50.2 Å². The quantitative estimate of drug-likeness (QED) is 0.316. The molecular weight excluding hydrogens is 515 g/mol. The Balaban J connectivity index is 1.45. The maximum absolute atomic E-state index is 14.4. The van der Waals surface area contributed by atoms with Crippen molar-refractivity contribution in [3.63, 3.8) is 0 Å². The predicted molar refractivity (Wildman–Crippen MR) is 146 cm³/mol. The van der Waals surface area contributed by atoms with Gasteiger partial charge < -0.3 is 4.57 Å². The first-order valence-electron chi connectivity index (χ1n) is 14.2.